The minimum Gasteiger partial charge on any atom is -0.367 e. The van der Waals surface area contributed by atoms with Gasteiger partial charge in [0.1, 0.15) is 16.8 Å². The van der Waals surface area contributed by atoms with Crippen molar-refractivity contribution in [3.63, 3.8) is 0 Å². The van der Waals surface area contributed by atoms with E-state index >= 15 is 0 Å². The molecule has 1 heterocycles. The molecule has 0 spiro atoms. The van der Waals surface area contributed by atoms with E-state index in [1.807, 2.05) is 6.07 Å². The Hall–Kier alpha value is -0.830. The maximum Gasteiger partial charge on any atom is 0.135 e. The summed E-state index contributed by atoms with van der Waals surface area (Å²) in [5.74, 6) is 2.34. The highest BCUT2D eigenvalue weighted by Gasteiger charge is 2.46. The first-order valence-corrected chi connectivity index (χ1v) is 6.23. The first-order chi connectivity index (χ1) is 7.54. The molecular formula is C12H16ClN3. The van der Waals surface area contributed by atoms with Gasteiger partial charge in [-0.15, -0.1) is 0 Å². The van der Waals surface area contributed by atoms with Crippen molar-refractivity contribution in [3.8, 4) is 0 Å². The normalized spacial score (nSPS) is 26.6. The van der Waals surface area contributed by atoms with Gasteiger partial charge in [-0.3, -0.25) is 0 Å². The zero-order chi connectivity index (χ0) is 11.3. The first kappa shape index (κ1) is 10.3. The second-order valence-corrected chi connectivity index (χ2v) is 5.99. The van der Waals surface area contributed by atoms with Crippen molar-refractivity contribution in [2.24, 2.45) is 5.41 Å². The first-order valence-electron chi connectivity index (χ1n) is 5.86. The Morgan fingerprint density at radius 2 is 2.06 bits per heavy atom. The lowest BCUT2D eigenvalue weighted by molar-refractivity contribution is 0.629. The van der Waals surface area contributed by atoms with E-state index in [4.69, 9.17) is 11.6 Å². The van der Waals surface area contributed by atoms with E-state index in [1.165, 1.54) is 19.3 Å². The summed E-state index contributed by atoms with van der Waals surface area (Å²) >= 11 is 6.01. The molecule has 3 nitrogen and oxygen atoms in total. The third-order valence-electron chi connectivity index (χ3n) is 3.49. The fraction of sp³-hybridized carbons (Fsp3) is 0.667. The molecule has 16 heavy (non-hydrogen) atoms. The lowest BCUT2D eigenvalue weighted by atomic mass is 10.2. The molecule has 0 bridgehead atoms. The number of nitrogens with one attached hydrogen (secondary N) is 1. The molecule has 2 fully saturated rings. The summed E-state index contributed by atoms with van der Waals surface area (Å²) in [5, 5.41) is 3.99. The van der Waals surface area contributed by atoms with Gasteiger partial charge in [-0.05, 0) is 24.7 Å². The molecule has 2 aliphatic carbocycles. The fourth-order valence-electron chi connectivity index (χ4n) is 1.93. The van der Waals surface area contributed by atoms with Gasteiger partial charge in [0.05, 0.1) is 0 Å². The molecule has 4 heteroatoms. The SMILES string of the molecule is CC1(C)CC1Nc1cc(Cl)nc(C2CC2)n1. The number of anilines is 1. The molecule has 0 amide bonds. The highest BCUT2D eigenvalue weighted by atomic mass is 35.5. The van der Waals surface area contributed by atoms with Crippen LogP contribution in [0.15, 0.2) is 6.07 Å². The van der Waals surface area contributed by atoms with Gasteiger partial charge < -0.3 is 5.32 Å². The number of halogens is 1. The molecule has 2 aliphatic rings. The van der Waals surface area contributed by atoms with E-state index in [0.717, 1.165) is 11.6 Å². The van der Waals surface area contributed by atoms with E-state index in [0.29, 0.717) is 22.5 Å². The second-order valence-electron chi connectivity index (χ2n) is 5.60. The number of hydrogen-bond donors (Lipinski definition) is 1. The third-order valence-corrected chi connectivity index (χ3v) is 3.68. The van der Waals surface area contributed by atoms with Crippen molar-refractivity contribution >= 4 is 17.4 Å². The van der Waals surface area contributed by atoms with Crippen LogP contribution in [0.4, 0.5) is 5.82 Å². The summed E-state index contributed by atoms with van der Waals surface area (Å²) < 4.78 is 0. The van der Waals surface area contributed by atoms with Crippen LogP contribution in [0.1, 0.15) is 44.9 Å². The molecule has 3 rings (SSSR count). The highest BCUT2D eigenvalue weighted by Crippen LogP contribution is 2.46. The lowest BCUT2D eigenvalue weighted by Gasteiger charge is -2.08. The zero-order valence-electron chi connectivity index (χ0n) is 9.63. The van der Waals surface area contributed by atoms with Gasteiger partial charge in [-0.2, -0.15) is 0 Å². The predicted molar refractivity (Wildman–Crippen MR) is 64.8 cm³/mol. The smallest absolute Gasteiger partial charge is 0.135 e. The Bertz CT molecular complexity index is 426. The van der Waals surface area contributed by atoms with E-state index in [1.54, 1.807) is 0 Å². The maximum absolute atomic E-state index is 6.01. The second kappa shape index (κ2) is 3.33. The van der Waals surface area contributed by atoms with Gasteiger partial charge in [-0.25, -0.2) is 9.97 Å². The molecule has 1 N–H and O–H groups in total. The summed E-state index contributed by atoms with van der Waals surface area (Å²) in [4.78, 5) is 8.81. The van der Waals surface area contributed by atoms with Crippen LogP contribution in [0.25, 0.3) is 0 Å². The van der Waals surface area contributed by atoms with Gasteiger partial charge in [0.2, 0.25) is 0 Å². The van der Waals surface area contributed by atoms with Crippen molar-refractivity contribution in [2.75, 3.05) is 5.32 Å². The average Bonchev–Trinajstić information content (AvgIpc) is 3.04. The van der Waals surface area contributed by atoms with E-state index in [9.17, 15) is 0 Å². The van der Waals surface area contributed by atoms with Crippen molar-refractivity contribution in [1.82, 2.24) is 9.97 Å². The van der Waals surface area contributed by atoms with Gasteiger partial charge in [0, 0.05) is 18.0 Å². The van der Waals surface area contributed by atoms with Crippen LogP contribution in [0.3, 0.4) is 0 Å². The quantitative estimate of drug-likeness (QED) is 0.821. The van der Waals surface area contributed by atoms with E-state index < -0.39 is 0 Å². The minimum atomic E-state index is 0.400. The average molecular weight is 238 g/mol. The van der Waals surface area contributed by atoms with Crippen LogP contribution in [0, 0.1) is 5.41 Å². The van der Waals surface area contributed by atoms with Gasteiger partial charge >= 0.3 is 0 Å². The van der Waals surface area contributed by atoms with Crippen LogP contribution in [0.2, 0.25) is 5.15 Å². The Kier molecular flexibility index (Phi) is 2.15. The number of nitrogens with zero attached hydrogens (tertiary/aromatic N) is 2. The molecule has 86 valence electrons. The van der Waals surface area contributed by atoms with Crippen molar-refractivity contribution in [1.29, 1.82) is 0 Å². The topological polar surface area (TPSA) is 37.8 Å². The fourth-order valence-corrected chi connectivity index (χ4v) is 2.12. The van der Waals surface area contributed by atoms with E-state index in [-0.39, 0.29) is 0 Å². The lowest BCUT2D eigenvalue weighted by Crippen LogP contribution is -2.10. The van der Waals surface area contributed by atoms with Crippen molar-refractivity contribution in [3.05, 3.63) is 17.0 Å². The van der Waals surface area contributed by atoms with Gasteiger partial charge in [-0.1, -0.05) is 25.4 Å². The molecule has 2 saturated carbocycles. The van der Waals surface area contributed by atoms with Gasteiger partial charge in [0.15, 0.2) is 0 Å². The standard InChI is InChI=1S/C12H16ClN3/c1-12(2)6-8(12)14-10-5-9(13)15-11(16-10)7-3-4-7/h5,7-8H,3-4,6H2,1-2H3,(H,14,15,16). The summed E-state index contributed by atoms with van der Waals surface area (Å²) in [6.45, 7) is 4.52. The Morgan fingerprint density at radius 1 is 1.38 bits per heavy atom. The van der Waals surface area contributed by atoms with Crippen LogP contribution < -0.4 is 5.32 Å². The summed E-state index contributed by atoms with van der Waals surface area (Å²) in [5.41, 5.74) is 0.400. The maximum atomic E-state index is 6.01. The molecule has 1 aromatic rings. The molecule has 0 aliphatic heterocycles. The minimum absolute atomic E-state index is 0.400. The van der Waals surface area contributed by atoms with Gasteiger partial charge in [0.25, 0.3) is 0 Å². The highest BCUT2D eigenvalue weighted by molar-refractivity contribution is 6.29. The van der Waals surface area contributed by atoms with Crippen molar-refractivity contribution in [2.45, 2.75) is 45.1 Å². The summed E-state index contributed by atoms with van der Waals surface area (Å²) in [6.07, 6.45) is 3.61. The molecule has 1 unspecified atom stereocenters. The largest absolute Gasteiger partial charge is 0.367 e. The number of hydrogen-bond acceptors (Lipinski definition) is 3. The predicted octanol–water partition coefficient (Wildman–Crippen LogP) is 3.22. The number of aromatic nitrogens is 2. The molecule has 0 aromatic carbocycles. The monoisotopic (exact) mass is 237 g/mol. The van der Waals surface area contributed by atoms with Crippen LogP contribution in [0.5, 0.6) is 0 Å². The van der Waals surface area contributed by atoms with Crippen LogP contribution in [-0.2, 0) is 0 Å². The molecule has 1 aromatic heterocycles. The molecule has 0 saturated heterocycles. The Balaban J connectivity index is 1.78. The number of rotatable bonds is 3. The van der Waals surface area contributed by atoms with E-state index in [2.05, 4.69) is 29.1 Å². The molecule has 1 atom stereocenters. The van der Waals surface area contributed by atoms with Crippen LogP contribution in [-0.4, -0.2) is 16.0 Å². The molecular weight excluding hydrogens is 222 g/mol. The zero-order valence-corrected chi connectivity index (χ0v) is 10.4. The summed E-state index contributed by atoms with van der Waals surface area (Å²) in [6, 6.07) is 2.35. The molecule has 0 radical (unpaired) electrons. The Morgan fingerprint density at radius 3 is 2.62 bits per heavy atom. The van der Waals surface area contributed by atoms with Crippen molar-refractivity contribution < 1.29 is 0 Å². The van der Waals surface area contributed by atoms with Crippen LogP contribution >= 0.6 is 11.6 Å². The Labute approximate surface area is 101 Å². The summed E-state index contributed by atoms with van der Waals surface area (Å²) in [7, 11) is 0. The third kappa shape index (κ3) is 2.01.